The van der Waals surface area contributed by atoms with Crippen molar-refractivity contribution < 1.29 is 9.53 Å². The molecule has 0 spiro atoms. The number of benzene rings is 2. The zero-order chi connectivity index (χ0) is 16.7. The van der Waals surface area contributed by atoms with Crippen molar-refractivity contribution in [1.82, 2.24) is 5.32 Å². The van der Waals surface area contributed by atoms with Gasteiger partial charge >= 0.3 is 0 Å². The fourth-order valence-electron chi connectivity index (χ4n) is 2.51. The normalized spacial score (nSPS) is 12.0. The Morgan fingerprint density at radius 2 is 1.87 bits per heavy atom. The second-order valence-electron chi connectivity index (χ2n) is 5.48. The van der Waals surface area contributed by atoms with Gasteiger partial charge in [0, 0.05) is 24.5 Å². The van der Waals surface area contributed by atoms with Crippen LogP contribution in [0.25, 0.3) is 0 Å². The summed E-state index contributed by atoms with van der Waals surface area (Å²) in [5, 5.41) is 2.97. The Morgan fingerprint density at radius 3 is 2.57 bits per heavy atom. The van der Waals surface area contributed by atoms with Crippen LogP contribution in [-0.2, 0) is 16.0 Å². The highest BCUT2D eigenvalue weighted by Crippen LogP contribution is 2.20. The van der Waals surface area contributed by atoms with E-state index in [0.717, 1.165) is 22.0 Å². The van der Waals surface area contributed by atoms with E-state index in [1.807, 2.05) is 42.5 Å². The largest absolute Gasteiger partial charge is 0.375 e. The van der Waals surface area contributed by atoms with Crippen LogP contribution in [0.2, 0.25) is 0 Å². The van der Waals surface area contributed by atoms with Gasteiger partial charge in [0.1, 0.15) is 0 Å². The number of amides is 1. The highest BCUT2D eigenvalue weighted by molar-refractivity contribution is 9.10. The molecule has 1 atom stereocenters. The molecule has 2 rings (SSSR count). The van der Waals surface area contributed by atoms with Crippen LogP contribution in [0.4, 0.5) is 0 Å². The summed E-state index contributed by atoms with van der Waals surface area (Å²) in [4.78, 5) is 12.1. The molecular formula is C19H22BrNO2. The van der Waals surface area contributed by atoms with Crippen molar-refractivity contribution in [2.75, 3.05) is 13.7 Å². The lowest BCUT2D eigenvalue weighted by atomic mass is 10.0. The third-order valence-corrected chi connectivity index (χ3v) is 4.66. The molecule has 0 bridgehead atoms. The predicted octanol–water partition coefficient (Wildman–Crippen LogP) is 4.19. The molecule has 4 heteroatoms. The molecule has 0 aliphatic rings. The summed E-state index contributed by atoms with van der Waals surface area (Å²) in [6.07, 6.45) is 1.06. The van der Waals surface area contributed by atoms with E-state index < -0.39 is 0 Å². The first kappa shape index (κ1) is 17.7. The first-order chi connectivity index (χ1) is 11.1. The van der Waals surface area contributed by atoms with Gasteiger partial charge in [-0.25, -0.2) is 0 Å². The fraction of sp³-hybridized carbons (Fsp3) is 0.316. The maximum absolute atomic E-state index is 12.1. The second kappa shape index (κ2) is 8.85. The number of rotatable bonds is 7. The summed E-state index contributed by atoms with van der Waals surface area (Å²) in [5.41, 5.74) is 3.42. The number of carbonyl (C=O) groups is 1. The zero-order valence-corrected chi connectivity index (χ0v) is 15.1. The number of ether oxygens (including phenoxy) is 1. The Bertz CT molecular complexity index is 657. The molecule has 0 fully saturated rings. The molecule has 2 aromatic carbocycles. The maximum Gasteiger partial charge on any atom is 0.220 e. The Morgan fingerprint density at radius 1 is 1.17 bits per heavy atom. The number of hydrogen-bond acceptors (Lipinski definition) is 2. The molecule has 0 saturated carbocycles. The van der Waals surface area contributed by atoms with Gasteiger partial charge in [-0.3, -0.25) is 4.79 Å². The van der Waals surface area contributed by atoms with Crippen molar-refractivity contribution in [2.24, 2.45) is 0 Å². The van der Waals surface area contributed by atoms with Crippen LogP contribution in [0.3, 0.4) is 0 Å². The van der Waals surface area contributed by atoms with E-state index in [0.29, 0.717) is 13.0 Å². The first-order valence-corrected chi connectivity index (χ1v) is 8.49. The van der Waals surface area contributed by atoms with E-state index in [1.165, 1.54) is 5.56 Å². The fourth-order valence-corrected chi connectivity index (χ4v) is 3.00. The van der Waals surface area contributed by atoms with E-state index in [1.54, 1.807) is 7.11 Å². The number of halogens is 1. The Balaban J connectivity index is 1.86. The van der Waals surface area contributed by atoms with Gasteiger partial charge in [0.25, 0.3) is 0 Å². The van der Waals surface area contributed by atoms with E-state index >= 15 is 0 Å². The van der Waals surface area contributed by atoms with E-state index in [9.17, 15) is 4.79 Å². The van der Waals surface area contributed by atoms with Crippen molar-refractivity contribution in [3.8, 4) is 0 Å². The molecule has 0 aliphatic heterocycles. The van der Waals surface area contributed by atoms with Gasteiger partial charge in [-0.05, 0) is 36.1 Å². The van der Waals surface area contributed by atoms with Gasteiger partial charge in [-0.2, -0.15) is 0 Å². The molecule has 0 aromatic heterocycles. The van der Waals surface area contributed by atoms with Crippen molar-refractivity contribution in [3.05, 3.63) is 69.7 Å². The minimum atomic E-state index is -0.122. The summed E-state index contributed by atoms with van der Waals surface area (Å²) in [5.74, 6) is 0.0383. The first-order valence-electron chi connectivity index (χ1n) is 7.70. The second-order valence-corrected chi connectivity index (χ2v) is 6.33. The van der Waals surface area contributed by atoms with Crippen LogP contribution in [0, 0.1) is 6.92 Å². The summed E-state index contributed by atoms with van der Waals surface area (Å²) in [7, 11) is 1.67. The van der Waals surface area contributed by atoms with Gasteiger partial charge in [0.05, 0.1) is 6.10 Å². The Hall–Kier alpha value is -1.65. The number of hydrogen-bond donors (Lipinski definition) is 1. The lowest BCUT2D eigenvalue weighted by Gasteiger charge is -2.18. The van der Waals surface area contributed by atoms with Crippen molar-refractivity contribution in [1.29, 1.82) is 0 Å². The standard InChI is InChI=1S/C19H22BrNO2/c1-14-7-3-5-9-16(14)18(23-2)13-21-19(22)12-11-15-8-4-6-10-17(15)20/h3-10,18H,11-13H2,1-2H3,(H,21,22)/t18-/m1/s1. The van der Waals surface area contributed by atoms with Crippen LogP contribution >= 0.6 is 15.9 Å². The molecular weight excluding hydrogens is 354 g/mol. The molecule has 0 saturated heterocycles. The van der Waals surface area contributed by atoms with Crippen molar-refractivity contribution >= 4 is 21.8 Å². The summed E-state index contributed by atoms with van der Waals surface area (Å²) in [6, 6.07) is 16.1. The molecule has 0 heterocycles. The average Bonchev–Trinajstić information content (AvgIpc) is 2.56. The number of nitrogens with one attached hydrogen (secondary N) is 1. The summed E-state index contributed by atoms with van der Waals surface area (Å²) in [6.45, 7) is 2.53. The van der Waals surface area contributed by atoms with Gasteiger partial charge in [0.15, 0.2) is 0 Å². The van der Waals surface area contributed by atoms with Gasteiger partial charge in [-0.1, -0.05) is 58.4 Å². The molecule has 2 aromatic rings. The highest BCUT2D eigenvalue weighted by atomic mass is 79.9. The molecule has 1 N–H and O–H groups in total. The molecule has 0 aliphatic carbocycles. The monoisotopic (exact) mass is 375 g/mol. The number of methoxy groups -OCH3 is 1. The summed E-state index contributed by atoms with van der Waals surface area (Å²) >= 11 is 3.51. The molecule has 23 heavy (non-hydrogen) atoms. The quantitative estimate of drug-likeness (QED) is 0.787. The Labute approximate surface area is 146 Å². The SMILES string of the molecule is CO[C@H](CNC(=O)CCc1ccccc1Br)c1ccccc1C. The third kappa shape index (κ3) is 5.19. The van der Waals surface area contributed by atoms with E-state index in [2.05, 4.69) is 34.2 Å². The number of aryl methyl sites for hydroxylation is 2. The van der Waals surface area contributed by atoms with Gasteiger partial charge < -0.3 is 10.1 Å². The van der Waals surface area contributed by atoms with Crippen LogP contribution < -0.4 is 5.32 Å². The highest BCUT2D eigenvalue weighted by Gasteiger charge is 2.14. The molecule has 122 valence electrons. The maximum atomic E-state index is 12.1. The molecule has 0 radical (unpaired) electrons. The topological polar surface area (TPSA) is 38.3 Å². The zero-order valence-electron chi connectivity index (χ0n) is 13.5. The third-order valence-electron chi connectivity index (χ3n) is 3.88. The van der Waals surface area contributed by atoms with Crippen molar-refractivity contribution in [2.45, 2.75) is 25.9 Å². The van der Waals surface area contributed by atoms with E-state index in [4.69, 9.17) is 4.74 Å². The molecule has 1 amide bonds. The number of carbonyl (C=O) groups excluding carboxylic acids is 1. The van der Waals surface area contributed by atoms with Crippen molar-refractivity contribution in [3.63, 3.8) is 0 Å². The average molecular weight is 376 g/mol. The van der Waals surface area contributed by atoms with Gasteiger partial charge in [0.2, 0.25) is 5.91 Å². The lowest BCUT2D eigenvalue weighted by Crippen LogP contribution is -2.29. The lowest BCUT2D eigenvalue weighted by molar-refractivity contribution is -0.121. The minimum Gasteiger partial charge on any atom is -0.375 e. The van der Waals surface area contributed by atoms with E-state index in [-0.39, 0.29) is 12.0 Å². The van der Waals surface area contributed by atoms with Crippen LogP contribution in [0.5, 0.6) is 0 Å². The predicted molar refractivity (Wildman–Crippen MR) is 96.4 cm³/mol. The Kier molecular flexibility index (Phi) is 6.81. The van der Waals surface area contributed by atoms with Gasteiger partial charge in [-0.15, -0.1) is 0 Å². The molecule has 3 nitrogen and oxygen atoms in total. The molecule has 0 unspecified atom stereocenters. The van der Waals surface area contributed by atoms with Crippen LogP contribution in [0.1, 0.15) is 29.2 Å². The van der Waals surface area contributed by atoms with Crippen LogP contribution in [-0.4, -0.2) is 19.6 Å². The summed E-state index contributed by atoms with van der Waals surface area (Å²) < 4.78 is 6.57. The minimum absolute atomic E-state index is 0.0383. The van der Waals surface area contributed by atoms with Crippen LogP contribution in [0.15, 0.2) is 53.0 Å². The smallest absolute Gasteiger partial charge is 0.220 e.